The smallest absolute Gasteiger partial charge is 0.190 e. The molecule has 0 fully saturated rings. The number of hydrogen-bond acceptors (Lipinski definition) is 3. The number of rotatable bonds is 7. The van der Waals surface area contributed by atoms with Crippen LogP contribution in [0, 0.1) is 2.88 Å². The Labute approximate surface area is 150 Å². The summed E-state index contributed by atoms with van der Waals surface area (Å²) < 4.78 is 6.34. The van der Waals surface area contributed by atoms with Crippen molar-refractivity contribution < 1.29 is 4.74 Å². The van der Waals surface area contributed by atoms with E-state index < -0.39 is 0 Å². The lowest BCUT2D eigenvalue weighted by Gasteiger charge is -2.11. The minimum atomic E-state index is 0. The van der Waals surface area contributed by atoms with Crippen molar-refractivity contribution in [1.82, 2.24) is 10.6 Å². The van der Waals surface area contributed by atoms with Crippen LogP contribution in [0.4, 0.5) is 0 Å². The first-order valence-corrected chi connectivity index (χ1v) is 7.83. The number of guanidine groups is 1. The Hall–Kier alpha value is 0.390. The highest BCUT2D eigenvalue weighted by atomic mass is 127. The van der Waals surface area contributed by atoms with Gasteiger partial charge in [-0.15, -0.1) is 35.3 Å². The molecule has 0 aliphatic heterocycles. The average molecular weight is 509 g/mol. The Morgan fingerprint density at radius 1 is 1.37 bits per heavy atom. The quantitative estimate of drug-likeness (QED) is 0.258. The van der Waals surface area contributed by atoms with Crippen LogP contribution in [0.15, 0.2) is 17.1 Å². The first-order valence-electron chi connectivity index (χ1n) is 5.94. The summed E-state index contributed by atoms with van der Waals surface area (Å²) >= 11 is 4.19. The molecule has 0 aromatic carbocycles. The molecule has 0 atom stereocenters. The number of hydrogen-bond donors (Lipinski definition) is 2. The van der Waals surface area contributed by atoms with Crippen LogP contribution < -0.4 is 10.6 Å². The number of nitrogens with one attached hydrogen (secondary N) is 2. The van der Waals surface area contributed by atoms with Gasteiger partial charge in [-0.2, -0.15) is 0 Å². The van der Waals surface area contributed by atoms with Gasteiger partial charge < -0.3 is 15.4 Å². The number of aliphatic imine (C=N–C) groups is 1. The molecule has 1 rings (SSSR count). The van der Waals surface area contributed by atoms with Crippen LogP contribution in [0.3, 0.4) is 0 Å². The monoisotopic (exact) mass is 509 g/mol. The molecule has 0 aliphatic carbocycles. The van der Waals surface area contributed by atoms with E-state index in [0.717, 1.165) is 38.5 Å². The fourth-order valence-electron chi connectivity index (χ4n) is 1.43. The van der Waals surface area contributed by atoms with Crippen molar-refractivity contribution >= 4 is 63.9 Å². The topological polar surface area (TPSA) is 45.7 Å². The van der Waals surface area contributed by atoms with Crippen molar-refractivity contribution in [1.29, 1.82) is 0 Å². The normalized spacial score (nSPS) is 11.0. The molecular formula is C12H21I2N3OS. The fraction of sp³-hybridized carbons (Fsp3) is 0.583. The number of nitrogens with zero attached hydrogens (tertiary/aromatic N) is 1. The van der Waals surface area contributed by atoms with Gasteiger partial charge in [0, 0.05) is 38.7 Å². The first-order chi connectivity index (χ1) is 8.76. The van der Waals surface area contributed by atoms with Crippen molar-refractivity contribution in [3.8, 4) is 0 Å². The van der Waals surface area contributed by atoms with E-state index in [1.807, 2.05) is 11.3 Å². The summed E-state index contributed by atoms with van der Waals surface area (Å²) in [5, 5.41) is 6.56. The van der Waals surface area contributed by atoms with Crippen molar-refractivity contribution in [3.05, 3.63) is 19.9 Å². The van der Waals surface area contributed by atoms with Gasteiger partial charge in [-0.25, -0.2) is 0 Å². The molecular weight excluding hydrogens is 488 g/mol. The molecule has 1 aromatic rings. The lowest BCUT2D eigenvalue weighted by Crippen LogP contribution is -2.38. The molecule has 19 heavy (non-hydrogen) atoms. The van der Waals surface area contributed by atoms with Gasteiger partial charge in [0.25, 0.3) is 0 Å². The van der Waals surface area contributed by atoms with Gasteiger partial charge in [-0.05, 0) is 47.6 Å². The molecule has 0 aliphatic rings. The van der Waals surface area contributed by atoms with Crippen LogP contribution in [0.25, 0.3) is 0 Å². The zero-order valence-corrected chi connectivity index (χ0v) is 16.5. The molecule has 1 heterocycles. The number of methoxy groups -OCH3 is 1. The second-order valence-electron chi connectivity index (χ2n) is 3.73. The highest BCUT2D eigenvalue weighted by Gasteiger charge is 1.99. The molecule has 0 radical (unpaired) electrons. The second-order valence-corrected chi connectivity index (χ2v) is 6.79. The molecule has 0 bridgehead atoms. The van der Waals surface area contributed by atoms with Gasteiger partial charge in [-0.1, -0.05) is 0 Å². The summed E-state index contributed by atoms with van der Waals surface area (Å²) in [5.74, 6) is 0.859. The molecule has 0 spiro atoms. The third kappa shape index (κ3) is 9.03. The Kier molecular flexibility index (Phi) is 12.4. The van der Waals surface area contributed by atoms with Crippen LogP contribution in [-0.2, 0) is 11.2 Å². The largest absolute Gasteiger partial charge is 0.385 e. The van der Waals surface area contributed by atoms with Crippen LogP contribution in [0.5, 0.6) is 0 Å². The van der Waals surface area contributed by atoms with E-state index in [9.17, 15) is 0 Å². The lowest BCUT2D eigenvalue weighted by molar-refractivity contribution is 0.195. The molecule has 0 saturated heterocycles. The number of thiophene rings is 1. The molecule has 110 valence electrons. The van der Waals surface area contributed by atoms with Crippen molar-refractivity contribution in [2.75, 3.05) is 33.9 Å². The van der Waals surface area contributed by atoms with Gasteiger partial charge >= 0.3 is 0 Å². The summed E-state index contributed by atoms with van der Waals surface area (Å²) in [6, 6.07) is 4.33. The summed E-state index contributed by atoms with van der Waals surface area (Å²) in [6.45, 7) is 2.56. The highest BCUT2D eigenvalue weighted by Crippen LogP contribution is 2.18. The van der Waals surface area contributed by atoms with E-state index in [1.165, 1.54) is 7.76 Å². The summed E-state index contributed by atoms with van der Waals surface area (Å²) in [4.78, 5) is 5.58. The van der Waals surface area contributed by atoms with Gasteiger partial charge in [-0.3, -0.25) is 4.99 Å². The van der Waals surface area contributed by atoms with E-state index >= 15 is 0 Å². The maximum absolute atomic E-state index is 5.00. The molecule has 7 heteroatoms. The molecule has 0 saturated carbocycles. The van der Waals surface area contributed by atoms with E-state index in [4.69, 9.17) is 4.74 Å². The maximum atomic E-state index is 5.00. The Bertz CT molecular complexity index is 372. The van der Waals surface area contributed by atoms with Crippen molar-refractivity contribution in [2.45, 2.75) is 12.8 Å². The van der Waals surface area contributed by atoms with E-state index in [0.29, 0.717) is 0 Å². The molecule has 2 N–H and O–H groups in total. The molecule has 1 aromatic heterocycles. The van der Waals surface area contributed by atoms with Crippen LogP contribution >= 0.6 is 57.9 Å². The van der Waals surface area contributed by atoms with E-state index in [1.54, 1.807) is 14.2 Å². The molecule has 0 unspecified atom stereocenters. The van der Waals surface area contributed by atoms with Crippen molar-refractivity contribution in [3.63, 3.8) is 0 Å². The average Bonchev–Trinajstić information content (AvgIpc) is 2.78. The summed E-state index contributed by atoms with van der Waals surface area (Å²) in [7, 11) is 3.51. The van der Waals surface area contributed by atoms with Gasteiger partial charge in [0.2, 0.25) is 0 Å². The van der Waals surface area contributed by atoms with E-state index in [2.05, 4.69) is 50.3 Å². The van der Waals surface area contributed by atoms with Crippen LogP contribution in [-0.4, -0.2) is 39.8 Å². The third-order valence-corrected chi connectivity index (χ3v) is 4.29. The Morgan fingerprint density at radius 2 is 2.11 bits per heavy atom. The highest BCUT2D eigenvalue weighted by molar-refractivity contribution is 14.1. The first kappa shape index (κ1) is 19.4. The van der Waals surface area contributed by atoms with Crippen molar-refractivity contribution in [2.24, 2.45) is 4.99 Å². The minimum Gasteiger partial charge on any atom is -0.385 e. The predicted molar refractivity (Wildman–Crippen MR) is 102 cm³/mol. The Balaban J connectivity index is 0.00000324. The van der Waals surface area contributed by atoms with E-state index in [-0.39, 0.29) is 24.0 Å². The SMILES string of the molecule is CN=C(NCCCOC)NCCc1ccc(I)s1.I. The zero-order chi connectivity index (χ0) is 13.2. The fourth-order valence-corrected chi connectivity index (χ4v) is 3.19. The van der Waals surface area contributed by atoms with Gasteiger partial charge in [0.05, 0.1) is 2.88 Å². The van der Waals surface area contributed by atoms with Crippen LogP contribution in [0.1, 0.15) is 11.3 Å². The molecule has 0 amide bonds. The predicted octanol–water partition coefficient (Wildman–Crippen LogP) is 2.71. The summed E-state index contributed by atoms with van der Waals surface area (Å²) in [6.07, 6.45) is 2.02. The number of ether oxygens (including phenoxy) is 1. The number of halogens is 2. The standard InChI is InChI=1S/C12H20IN3OS.HI/c1-14-12(15-7-3-9-17-2)16-8-6-10-4-5-11(13)18-10;/h4-5H,3,6-9H2,1-2H3,(H2,14,15,16);1H. The maximum Gasteiger partial charge on any atom is 0.190 e. The second kappa shape index (κ2) is 12.2. The van der Waals surface area contributed by atoms with Gasteiger partial charge in [0.15, 0.2) is 5.96 Å². The van der Waals surface area contributed by atoms with Gasteiger partial charge in [0.1, 0.15) is 0 Å². The molecule has 4 nitrogen and oxygen atoms in total. The van der Waals surface area contributed by atoms with Crippen LogP contribution in [0.2, 0.25) is 0 Å². The summed E-state index contributed by atoms with van der Waals surface area (Å²) in [5.41, 5.74) is 0. The zero-order valence-electron chi connectivity index (χ0n) is 11.2. The lowest BCUT2D eigenvalue weighted by atomic mass is 10.3. The Morgan fingerprint density at radius 3 is 2.68 bits per heavy atom. The minimum absolute atomic E-state index is 0. The third-order valence-electron chi connectivity index (χ3n) is 2.33.